The van der Waals surface area contributed by atoms with E-state index in [0.717, 1.165) is 12.8 Å². The lowest BCUT2D eigenvalue weighted by atomic mass is 9.52. The average molecular weight is 224 g/mol. The van der Waals surface area contributed by atoms with Gasteiger partial charge < -0.3 is 4.74 Å². The van der Waals surface area contributed by atoms with Crippen LogP contribution in [0.1, 0.15) is 40.5 Å². The Kier molecular flexibility index (Phi) is 2.59. The number of hydrogen-bond acceptors (Lipinski definition) is 3. The Hall–Kier alpha value is -0.860. The van der Waals surface area contributed by atoms with E-state index in [0.29, 0.717) is 11.7 Å². The third kappa shape index (κ3) is 1.66. The van der Waals surface area contributed by atoms with Crippen LogP contribution >= 0.6 is 0 Å². The second-order valence-electron chi connectivity index (χ2n) is 5.98. The molecular formula is C13H20O3. The van der Waals surface area contributed by atoms with E-state index in [4.69, 9.17) is 4.74 Å². The van der Waals surface area contributed by atoms with Crippen molar-refractivity contribution in [3.05, 3.63) is 0 Å². The molecule has 0 N–H and O–H groups in total. The van der Waals surface area contributed by atoms with Gasteiger partial charge in [-0.25, -0.2) is 0 Å². The summed E-state index contributed by atoms with van der Waals surface area (Å²) in [6.07, 6.45) is 1.54. The highest BCUT2D eigenvalue weighted by Gasteiger charge is 2.55. The maximum atomic E-state index is 12.1. The lowest BCUT2D eigenvalue weighted by Crippen LogP contribution is -2.55. The van der Waals surface area contributed by atoms with Gasteiger partial charge in [0, 0.05) is 12.8 Å². The summed E-state index contributed by atoms with van der Waals surface area (Å²) >= 11 is 0. The first-order valence-corrected chi connectivity index (χ1v) is 6.04. The normalized spacial score (nSPS) is 40.9. The van der Waals surface area contributed by atoms with Gasteiger partial charge >= 0.3 is 5.97 Å². The van der Waals surface area contributed by atoms with Crippen LogP contribution in [0.3, 0.4) is 0 Å². The number of hydrogen-bond donors (Lipinski definition) is 0. The maximum absolute atomic E-state index is 12.1. The minimum atomic E-state index is -0.268. The Morgan fingerprint density at radius 3 is 2.62 bits per heavy atom. The topological polar surface area (TPSA) is 43.4 Å². The largest absolute Gasteiger partial charge is 0.462 e. The third-order valence-corrected chi connectivity index (χ3v) is 4.42. The third-order valence-electron chi connectivity index (χ3n) is 4.42. The summed E-state index contributed by atoms with van der Waals surface area (Å²) in [6.45, 7) is 7.88. The molecule has 0 saturated heterocycles. The van der Waals surface area contributed by atoms with Crippen LogP contribution in [0.4, 0.5) is 0 Å². The van der Waals surface area contributed by atoms with Crippen LogP contribution in [0.15, 0.2) is 0 Å². The molecule has 3 saturated carbocycles. The van der Waals surface area contributed by atoms with E-state index in [-0.39, 0.29) is 29.3 Å². The summed E-state index contributed by atoms with van der Waals surface area (Å²) in [5.41, 5.74) is 0.203. The molecule has 3 nitrogen and oxygen atoms in total. The number of rotatable bonds is 1. The van der Waals surface area contributed by atoms with E-state index in [1.807, 2.05) is 6.92 Å². The van der Waals surface area contributed by atoms with Gasteiger partial charge in [-0.05, 0) is 24.2 Å². The zero-order chi connectivity index (χ0) is 12.1. The van der Waals surface area contributed by atoms with Crippen molar-refractivity contribution >= 4 is 11.8 Å². The van der Waals surface area contributed by atoms with Crippen LogP contribution in [0, 0.1) is 23.2 Å². The first-order chi connectivity index (χ1) is 7.33. The van der Waals surface area contributed by atoms with Gasteiger partial charge in [0.2, 0.25) is 0 Å². The first kappa shape index (κ1) is 11.6. The SMILES string of the molecule is CC(=O)O[C@@H]1C[C@H]2[C@@H](C)C(=O)[C@H]1CC2(C)C. The highest BCUT2D eigenvalue weighted by Crippen LogP contribution is 2.53. The second-order valence-corrected chi connectivity index (χ2v) is 5.98. The Morgan fingerprint density at radius 1 is 1.44 bits per heavy atom. The van der Waals surface area contributed by atoms with E-state index >= 15 is 0 Å². The van der Waals surface area contributed by atoms with Gasteiger partial charge in [0.15, 0.2) is 0 Å². The van der Waals surface area contributed by atoms with Crippen molar-refractivity contribution < 1.29 is 14.3 Å². The molecule has 0 amide bonds. The van der Waals surface area contributed by atoms with Gasteiger partial charge in [-0.2, -0.15) is 0 Å². The molecule has 2 bridgehead atoms. The fourth-order valence-electron chi connectivity index (χ4n) is 3.63. The van der Waals surface area contributed by atoms with Gasteiger partial charge in [0.1, 0.15) is 11.9 Å². The molecule has 0 unspecified atom stereocenters. The van der Waals surface area contributed by atoms with Gasteiger partial charge in [-0.15, -0.1) is 0 Å². The number of carbonyl (C=O) groups is 2. The molecule has 0 heterocycles. The summed E-state index contributed by atoms with van der Waals surface area (Å²) in [4.78, 5) is 23.1. The predicted molar refractivity (Wildman–Crippen MR) is 59.7 cm³/mol. The molecule has 3 rings (SSSR count). The average Bonchev–Trinajstić information content (AvgIpc) is 2.14. The molecule has 3 heteroatoms. The monoisotopic (exact) mass is 224 g/mol. The van der Waals surface area contributed by atoms with Crippen LogP contribution in [0.25, 0.3) is 0 Å². The zero-order valence-corrected chi connectivity index (χ0v) is 10.4. The van der Waals surface area contributed by atoms with E-state index in [1.165, 1.54) is 6.92 Å². The Morgan fingerprint density at radius 2 is 2.06 bits per heavy atom. The number of ether oxygens (including phenoxy) is 1. The standard InChI is InChI=1S/C13H20O3/c1-7-10-5-11(16-8(2)14)9(12(7)15)6-13(10,3)4/h7,9-11H,5-6H2,1-4H3/t7-,9+,10+,11-/m1/s1. The number of esters is 1. The van der Waals surface area contributed by atoms with Gasteiger partial charge in [-0.1, -0.05) is 20.8 Å². The van der Waals surface area contributed by atoms with Gasteiger partial charge in [0.25, 0.3) is 0 Å². The van der Waals surface area contributed by atoms with Crippen molar-refractivity contribution in [2.24, 2.45) is 23.2 Å². The van der Waals surface area contributed by atoms with Crippen LogP contribution in [-0.4, -0.2) is 17.9 Å². The summed E-state index contributed by atoms with van der Waals surface area (Å²) in [7, 11) is 0. The Balaban J connectivity index is 2.22. The number of carbonyl (C=O) groups excluding carboxylic acids is 2. The van der Waals surface area contributed by atoms with E-state index in [1.54, 1.807) is 0 Å². The molecule has 0 aliphatic heterocycles. The molecule has 3 aliphatic carbocycles. The summed E-state index contributed by atoms with van der Waals surface area (Å²) in [6, 6.07) is 0. The maximum Gasteiger partial charge on any atom is 0.302 e. The molecule has 0 radical (unpaired) electrons. The van der Waals surface area contributed by atoms with Crippen LogP contribution in [0.5, 0.6) is 0 Å². The zero-order valence-electron chi connectivity index (χ0n) is 10.4. The van der Waals surface area contributed by atoms with Crippen molar-refractivity contribution in [3.8, 4) is 0 Å². The minimum absolute atomic E-state index is 0.0705. The van der Waals surface area contributed by atoms with Gasteiger partial charge in [-0.3, -0.25) is 9.59 Å². The molecule has 3 fully saturated rings. The fourth-order valence-corrected chi connectivity index (χ4v) is 3.63. The molecular weight excluding hydrogens is 204 g/mol. The molecule has 16 heavy (non-hydrogen) atoms. The Bertz CT molecular complexity index is 332. The van der Waals surface area contributed by atoms with E-state index < -0.39 is 0 Å². The summed E-state index contributed by atoms with van der Waals surface area (Å²) in [5.74, 6) is 0.437. The molecule has 90 valence electrons. The first-order valence-electron chi connectivity index (χ1n) is 6.04. The lowest BCUT2D eigenvalue weighted by molar-refractivity contribution is -0.172. The predicted octanol–water partition coefficient (Wildman–Crippen LogP) is 2.19. The quantitative estimate of drug-likeness (QED) is 0.641. The van der Waals surface area contributed by atoms with Gasteiger partial charge in [0.05, 0.1) is 5.92 Å². The minimum Gasteiger partial charge on any atom is -0.462 e. The van der Waals surface area contributed by atoms with Crippen molar-refractivity contribution in [2.45, 2.75) is 46.6 Å². The molecule has 4 atom stereocenters. The number of fused-ring (bicyclic) bond motifs is 3. The lowest BCUT2D eigenvalue weighted by Gasteiger charge is -2.53. The van der Waals surface area contributed by atoms with Crippen molar-refractivity contribution in [1.29, 1.82) is 0 Å². The van der Waals surface area contributed by atoms with Crippen LogP contribution in [-0.2, 0) is 14.3 Å². The summed E-state index contributed by atoms with van der Waals surface area (Å²) in [5, 5.41) is 0. The number of ketones is 1. The number of Topliss-reactive ketones (excluding diaryl/α,β-unsaturated/α-hetero) is 1. The summed E-state index contributed by atoms with van der Waals surface area (Å²) < 4.78 is 5.28. The fraction of sp³-hybridized carbons (Fsp3) is 0.846. The molecule has 3 aliphatic rings. The molecule has 0 spiro atoms. The van der Waals surface area contributed by atoms with Crippen molar-refractivity contribution in [2.75, 3.05) is 0 Å². The van der Waals surface area contributed by atoms with Crippen LogP contribution < -0.4 is 0 Å². The smallest absolute Gasteiger partial charge is 0.302 e. The Labute approximate surface area is 96.5 Å². The highest BCUT2D eigenvalue weighted by atomic mass is 16.5. The molecule has 0 aromatic heterocycles. The van der Waals surface area contributed by atoms with E-state index in [2.05, 4.69) is 13.8 Å². The van der Waals surface area contributed by atoms with Crippen molar-refractivity contribution in [1.82, 2.24) is 0 Å². The molecule has 0 aromatic rings. The van der Waals surface area contributed by atoms with Crippen molar-refractivity contribution in [3.63, 3.8) is 0 Å². The molecule has 0 aromatic carbocycles. The second kappa shape index (κ2) is 3.57. The highest BCUT2D eigenvalue weighted by molar-refractivity contribution is 5.86. The van der Waals surface area contributed by atoms with Crippen LogP contribution in [0.2, 0.25) is 0 Å². The van der Waals surface area contributed by atoms with E-state index in [9.17, 15) is 9.59 Å².